The van der Waals surface area contributed by atoms with E-state index in [1.165, 1.54) is 0 Å². The first-order valence-electron chi connectivity index (χ1n) is 10.5. The third-order valence-electron chi connectivity index (χ3n) is 5.42. The van der Waals surface area contributed by atoms with Crippen molar-refractivity contribution in [1.29, 1.82) is 0 Å². The molecule has 1 heterocycles. The molecular weight excluding hydrogens is 452 g/mol. The average molecular weight is 483 g/mol. The zero-order valence-corrected chi connectivity index (χ0v) is 19.6. The van der Waals surface area contributed by atoms with Gasteiger partial charge in [0, 0.05) is 6.54 Å². The van der Waals surface area contributed by atoms with Crippen molar-refractivity contribution in [2.24, 2.45) is 0 Å². The first kappa shape index (κ1) is 24.8. The van der Waals surface area contributed by atoms with E-state index in [-0.39, 0.29) is 29.9 Å². The highest BCUT2D eigenvalue weighted by molar-refractivity contribution is 7.89. The topological polar surface area (TPSA) is 122 Å². The van der Waals surface area contributed by atoms with E-state index in [0.717, 1.165) is 5.56 Å². The van der Waals surface area contributed by atoms with Crippen LogP contribution in [0, 0.1) is 6.92 Å². The molecule has 3 rings (SSSR count). The summed E-state index contributed by atoms with van der Waals surface area (Å²) in [4.78, 5) is 0.162. The lowest BCUT2D eigenvalue weighted by Crippen LogP contribution is -2.51. The van der Waals surface area contributed by atoms with Crippen LogP contribution in [-0.2, 0) is 30.5 Å². The Morgan fingerprint density at radius 3 is 2.34 bits per heavy atom. The van der Waals surface area contributed by atoms with Crippen LogP contribution in [0.15, 0.2) is 59.5 Å². The highest BCUT2D eigenvalue weighted by atomic mass is 32.2. The molecule has 1 fully saturated rings. The minimum atomic E-state index is -3.74. The predicted octanol–water partition coefficient (Wildman–Crippen LogP) is 1.69. The molecule has 10 heteroatoms. The zero-order valence-electron chi connectivity index (χ0n) is 18.0. The summed E-state index contributed by atoms with van der Waals surface area (Å²) in [6.07, 6.45) is 0.499. The normalized spacial score (nSPS) is 22.0. The number of rotatable bonds is 10. The molecule has 2 aromatic rings. The number of hydrogen-bond donors (Lipinski definition) is 3. The van der Waals surface area contributed by atoms with Crippen molar-refractivity contribution in [1.82, 2.24) is 9.44 Å². The molecule has 1 aliphatic heterocycles. The van der Waals surface area contributed by atoms with Gasteiger partial charge in [-0.2, -0.15) is 0 Å². The van der Waals surface area contributed by atoms with E-state index in [4.69, 9.17) is 4.74 Å². The van der Waals surface area contributed by atoms with Crippen molar-refractivity contribution in [2.75, 3.05) is 13.2 Å². The van der Waals surface area contributed by atoms with Crippen molar-refractivity contribution in [3.8, 4) is 0 Å². The van der Waals surface area contributed by atoms with Crippen molar-refractivity contribution in [2.45, 2.75) is 55.1 Å². The second-order valence-electron chi connectivity index (χ2n) is 8.02. The van der Waals surface area contributed by atoms with Gasteiger partial charge in [0.1, 0.15) is 0 Å². The minimum Gasteiger partial charge on any atom is -0.394 e. The Kier molecular flexibility index (Phi) is 8.43. The molecule has 3 atom stereocenters. The van der Waals surface area contributed by atoms with Gasteiger partial charge in [-0.15, -0.1) is 0 Å². The van der Waals surface area contributed by atoms with Crippen LogP contribution in [0.2, 0.25) is 0 Å². The third kappa shape index (κ3) is 7.09. The highest BCUT2D eigenvalue weighted by Gasteiger charge is 2.34. The van der Waals surface area contributed by atoms with E-state index in [1.54, 1.807) is 48.5 Å². The highest BCUT2D eigenvalue weighted by Crippen LogP contribution is 2.23. The number of sulfonamides is 2. The van der Waals surface area contributed by atoms with Crippen molar-refractivity contribution in [3.63, 3.8) is 0 Å². The fourth-order valence-corrected chi connectivity index (χ4v) is 6.14. The number of nitrogens with one attached hydrogen (secondary N) is 2. The molecular formula is C22H30N2O6S2. The van der Waals surface area contributed by atoms with Crippen LogP contribution in [0.4, 0.5) is 0 Å². The maximum Gasteiger partial charge on any atom is 0.240 e. The monoisotopic (exact) mass is 482 g/mol. The molecule has 2 aromatic carbocycles. The molecule has 3 N–H and O–H groups in total. The molecule has 0 spiro atoms. The van der Waals surface area contributed by atoms with E-state index in [1.807, 2.05) is 13.0 Å². The number of aliphatic hydroxyl groups excluding tert-OH is 1. The maximum absolute atomic E-state index is 12.7. The van der Waals surface area contributed by atoms with Crippen LogP contribution in [0.1, 0.15) is 30.4 Å². The summed E-state index contributed by atoms with van der Waals surface area (Å²) in [5.74, 6) is -0.0957. The first-order chi connectivity index (χ1) is 15.2. The predicted molar refractivity (Wildman–Crippen MR) is 122 cm³/mol. The summed E-state index contributed by atoms with van der Waals surface area (Å²) < 4.78 is 60.9. The quantitative estimate of drug-likeness (QED) is 0.474. The Morgan fingerprint density at radius 1 is 1.00 bits per heavy atom. The van der Waals surface area contributed by atoms with Gasteiger partial charge in [0.05, 0.1) is 35.5 Å². The van der Waals surface area contributed by atoms with E-state index in [9.17, 15) is 21.9 Å². The van der Waals surface area contributed by atoms with E-state index < -0.39 is 32.2 Å². The third-order valence-corrected chi connectivity index (χ3v) is 8.28. The zero-order chi connectivity index (χ0) is 23.2. The van der Waals surface area contributed by atoms with Crippen LogP contribution in [0.3, 0.4) is 0 Å². The average Bonchev–Trinajstić information content (AvgIpc) is 2.75. The molecule has 0 radical (unpaired) electrons. The summed E-state index contributed by atoms with van der Waals surface area (Å²) in [5.41, 5.74) is 1.67. The molecule has 176 valence electrons. The SMILES string of the molecule is Cc1ccc(S(=O)(=O)N[C@H]2CC[C@H](CCNS(=O)(=O)Cc3ccccc3)O[C@H]2CO)cc1. The minimum absolute atomic E-state index is 0.0957. The lowest BCUT2D eigenvalue weighted by molar-refractivity contribution is -0.0869. The van der Waals surface area contributed by atoms with Gasteiger partial charge < -0.3 is 9.84 Å². The van der Waals surface area contributed by atoms with Crippen LogP contribution in [-0.4, -0.2) is 53.3 Å². The summed E-state index contributed by atoms with van der Waals surface area (Å²) in [6, 6.07) is 14.9. The van der Waals surface area contributed by atoms with Crippen molar-refractivity contribution >= 4 is 20.0 Å². The van der Waals surface area contributed by atoms with Crippen LogP contribution >= 0.6 is 0 Å². The van der Waals surface area contributed by atoms with Crippen LogP contribution in [0.5, 0.6) is 0 Å². The van der Waals surface area contributed by atoms with Gasteiger partial charge in [-0.25, -0.2) is 26.3 Å². The Balaban J connectivity index is 1.50. The number of hydrogen-bond acceptors (Lipinski definition) is 6. The lowest BCUT2D eigenvalue weighted by atomic mass is 9.98. The van der Waals surface area contributed by atoms with Gasteiger partial charge in [0.15, 0.2) is 0 Å². The number of benzene rings is 2. The van der Waals surface area contributed by atoms with E-state index >= 15 is 0 Å². The van der Waals surface area contributed by atoms with E-state index in [2.05, 4.69) is 9.44 Å². The molecule has 1 saturated heterocycles. The Bertz CT molecular complexity index is 1070. The Hall–Kier alpha value is -1.82. The molecule has 1 aliphatic rings. The van der Waals surface area contributed by atoms with E-state index in [0.29, 0.717) is 24.8 Å². The van der Waals surface area contributed by atoms with Gasteiger partial charge in [-0.05, 0) is 43.9 Å². The van der Waals surface area contributed by atoms with Crippen molar-refractivity contribution < 1.29 is 26.7 Å². The molecule has 8 nitrogen and oxygen atoms in total. The van der Waals surface area contributed by atoms with Gasteiger partial charge in [-0.1, -0.05) is 48.0 Å². The number of ether oxygens (including phenoxy) is 1. The fourth-order valence-electron chi connectivity index (χ4n) is 3.68. The summed E-state index contributed by atoms with van der Waals surface area (Å²) >= 11 is 0. The number of aliphatic hydroxyl groups is 1. The van der Waals surface area contributed by atoms with Gasteiger partial charge >= 0.3 is 0 Å². The second kappa shape index (κ2) is 10.9. The fraction of sp³-hybridized carbons (Fsp3) is 0.455. The van der Waals surface area contributed by atoms with Gasteiger partial charge in [0.25, 0.3) is 0 Å². The number of aryl methyl sites for hydroxylation is 1. The second-order valence-corrected chi connectivity index (χ2v) is 11.5. The molecule has 0 saturated carbocycles. The Morgan fingerprint density at radius 2 is 1.69 bits per heavy atom. The molecule has 0 aliphatic carbocycles. The van der Waals surface area contributed by atoms with Crippen LogP contribution < -0.4 is 9.44 Å². The Labute approximate surface area is 190 Å². The van der Waals surface area contributed by atoms with Gasteiger partial charge in [-0.3, -0.25) is 0 Å². The first-order valence-corrected chi connectivity index (χ1v) is 13.7. The standard InChI is InChI=1S/C22H30N2O6S2/c1-17-7-10-20(11-8-17)32(28,29)24-21-12-9-19(30-22(21)15-25)13-14-23-31(26,27)16-18-5-3-2-4-6-18/h2-8,10-11,19,21-25H,9,12-16H2,1H3/t19-,21+,22+/m1/s1. The maximum atomic E-state index is 12.7. The molecule has 0 aromatic heterocycles. The largest absolute Gasteiger partial charge is 0.394 e. The smallest absolute Gasteiger partial charge is 0.240 e. The van der Waals surface area contributed by atoms with Gasteiger partial charge in [0.2, 0.25) is 20.0 Å². The molecule has 0 bridgehead atoms. The lowest BCUT2D eigenvalue weighted by Gasteiger charge is -2.36. The van der Waals surface area contributed by atoms with Crippen molar-refractivity contribution in [3.05, 3.63) is 65.7 Å². The molecule has 0 unspecified atom stereocenters. The molecule has 32 heavy (non-hydrogen) atoms. The van der Waals surface area contributed by atoms with Crippen LogP contribution in [0.25, 0.3) is 0 Å². The summed E-state index contributed by atoms with van der Waals surface area (Å²) in [7, 11) is -7.21. The summed E-state index contributed by atoms with van der Waals surface area (Å²) in [6.45, 7) is 1.75. The summed E-state index contributed by atoms with van der Waals surface area (Å²) in [5, 5.41) is 9.73. The molecule has 0 amide bonds.